The SMILES string of the molecule is CCOC(=O)C(C)Oc1ccc2c(=O)c(Cl)coc2c1. The van der Waals surface area contributed by atoms with E-state index < -0.39 is 12.1 Å². The van der Waals surface area contributed by atoms with E-state index in [-0.39, 0.29) is 17.1 Å². The van der Waals surface area contributed by atoms with E-state index in [4.69, 9.17) is 25.5 Å². The lowest BCUT2D eigenvalue weighted by Crippen LogP contribution is -2.26. The average Bonchev–Trinajstić information content (AvgIpc) is 2.43. The molecule has 0 amide bonds. The number of rotatable bonds is 4. The molecular weight excluding hydrogens is 284 g/mol. The fourth-order valence-electron chi connectivity index (χ4n) is 1.67. The lowest BCUT2D eigenvalue weighted by molar-refractivity contribution is -0.150. The van der Waals surface area contributed by atoms with Gasteiger partial charge in [0.2, 0.25) is 5.43 Å². The Balaban J connectivity index is 2.27. The average molecular weight is 297 g/mol. The predicted octanol–water partition coefficient (Wildman–Crippen LogP) is 2.78. The topological polar surface area (TPSA) is 65.7 Å². The van der Waals surface area contributed by atoms with Gasteiger partial charge in [-0.1, -0.05) is 11.6 Å². The molecule has 0 aliphatic heterocycles. The fourth-order valence-corrected chi connectivity index (χ4v) is 1.82. The molecule has 6 heteroatoms. The van der Waals surface area contributed by atoms with Crippen molar-refractivity contribution < 1.29 is 18.7 Å². The molecule has 2 aromatic rings. The molecule has 1 heterocycles. The Morgan fingerprint density at radius 2 is 2.20 bits per heavy atom. The second-order valence-electron chi connectivity index (χ2n) is 4.08. The summed E-state index contributed by atoms with van der Waals surface area (Å²) in [5, 5.41) is 0.375. The highest BCUT2D eigenvalue weighted by Gasteiger charge is 2.16. The molecule has 0 saturated carbocycles. The number of carbonyl (C=O) groups excluding carboxylic acids is 1. The van der Waals surface area contributed by atoms with E-state index in [0.717, 1.165) is 0 Å². The van der Waals surface area contributed by atoms with Gasteiger partial charge in [-0.2, -0.15) is 0 Å². The summed E-state index contributed by atoms with van der Waals surface area (Å²) in [4.78, 5) is 23.2. The van der Waals surface area contributed by atoms with E-state index in [0.29, 0.717) is 16.7 Å². The molecule has 5 nitrogen and oxygen atoms in total. The minimum absolute atomic E-state index is 0.0195. The predicted molar refractivity (Wildman–Crippen MR) is 74.2 cm³/mol. The molecule has 106 valence electrons. The first-order chi connectivity index (χ1) is 9.52. The highest BCUT2D eigenvalue weighted by molar-refractivity contribution is 6.30. The normalized spacial score (nSPS) is 12.2. The first kappa shape index (κ1) is 14.4. The Kier molecular flexibility index (Phi) is 4.29. The molecular formula is C14H13ClO5. The van der Waals surface area contributed by atoms with E-state index in [9.17, 15) is 9.59 Å². The van der Waals surface area contributed by atoms with Crippen LogP contribution >= 0.6 is 11.6 Å². The van der Waals surface area contributed by atoms with Crippen molar-refractivity contribution in [3.8, 4) is 5.75 Å². The van der Waals surface area contributed by atoms with Crippen LogP contribution in [-0.4, -0.2) is 18.7 Å². The van der Waals surface area contributed by atoms with E-state index in [2.05, 4.69) is 0 Å². The van der Waals surface area contributed by atoms with Crippen molar-refractivity contribution >= 4 is 28.5 Å². The molecule has 0 aliphatic carbocycles. The van der Waals surface area contributed by atoms with Crippen LogP contribution in [0.25, 0.3) is 11.0 Å². The Hall–Kier alpha value is -2.01. The molecule has 0 radical (unpaired) electrons. The first-order valence-corrected chi connectivity index (χ1v) is 6.45. The molecule has 1 aromatic heterocycles. The highest BCUT2D eigenvalue weighted by atomic mass is 35.5. The zero-order valence-corrected chi connectivity index (χ0v) is 11.8. The van der Waals surface area contributed by atoms with Gasteiger partial charge in [0.1, 0.15) is 22.6 Å². The summed E-state index contributed by atoms with van der Waals surface area (Å²) in [6, 6.07) is 4.65. The van der Waals surface area contributed by atoms with Crippen LogP contribution in [0.2, 0.25) is 5.02 Å². The summed E-state index contributed by atoms with van der Waals surface area (Å²) < 4.78 is 15.5. The molecule has 20 heavy (non-hydrogen) atoms. The molecule has 0 aliphatic rings. The Bertz CT molecular complexity index is 692. The van der Waals surface area contributed by atoms with Gasteiger partial charge in [-0.25, -0.2) is 4.79 Å². The Morgan fingerprint density at radius 3 is 2.90 bits per heavy atom. The summed E-state index contributed by atoms with van der Waals surface area (Å²) in [5.41, 5.74) is 0.0332. The first-order valence-electron chi connectivity index (χ1n) is 6.07. The molecule has 0 spiro atoms. The molecule has 2 rings (SSSR count). The molecule has 1 aromatic carbocycles. The van der Waals surface area contributed by atoms with E-state index in [1.807, 2.05) is 0 Å². The van der Waals surface area contributed by atoms with Crippen molar-refractivity contribution in [2.75, 3.05) is 6.61 Å². The van der Waals surface area contributed by atoms with Gasteiger partial charge in [0.05, 0.1) is 12.0 Å². The second kappa shape index (κ2) is 5.96. The maximum Gasteiger partial charge on any atom is 0.347 e. The van der Waals surface area contributed by atoms with Gasteiger partial charge < -0.3 is 13.9 Å². The monoisotopic (exact) mass is 296 g/mol. The molecule has 1 unspecified atom stereocenters. The quantitative estimate of drug-likeness (QED) is 0.812. The Morgan fingerprint density at radius 1 is 1.45 bits per heavy atom. The number of ether oxygens (including phenoxy) is 2. The van der Waals surface area contributed by atoms with Crippen LogP contribution in [-0.2, 0) is 9.53 Å². The zero-order valence-electron chi connectivity index (χ0n) is 11.0. The molecule has 0 N–H and O–H groups in total. The van der Waals surface area contributed by atoms with Crippen molar-refractivity contribution in [1.82, 2.24) is 0 Å². The minimum atomic E-state index is -0.744. The van der Waals surface area contributed by atoms with Gasteiger partial charge in [0.15, 0.2) is 6.10 Å². The van der Waals surface area contributed by atoms with Crippen molar-refractivity contribution in [3.63, 3.8) is 0 Å². The van der Waals surface area contributed by atoms with Crippen LogP contribution in [0, 0.1) is 0 Å². The number of esters is 1. The van der Waals surface area contributed by atoms with Crippen LogP contribution in [0.15, 0.2) is 33.7 Å². The summed E-state index contributed by atoms with van der Waals surface area (Å²) in [6.07, 6.45) is 0.427. The van der Waals surface area contributed by atoms with Crippen LogP contribution in [0.3, 0.4) is 0 Å². The lowest BCUT2D eigenvalue weighted by atomic mass is 10.2. The van der Waals surface area contributed by atoms with E-state index in [1.54, 1.807) is 26.0 Å². The van der Waals surface area contributed by atoms with Gasteiger partial charge in [-0.05, 0) is 26.0 Å². The van der Waals surface area contributed by atoms with Crippen molar-refractivity contribution in [1.29, 1.82) is 0 Å². The third kappa shape index (κ3) is 2.93. The van der Waals surface area contributed by atoms with Gasteiger partial charge in [-0.15, -0.1) is 0 Å². The summed E-state index contributed by atoms with van der Waals surface area (Å²) in [7, 11) is 0. The summed E-state index contributed by atoms with van der Waals surface area (Å²) in [6.45, 7) is 3.59. The van der Waals surface area contributed by atoms with Gasteiger partial charge in [0, 0.05) is 6.07 Å². The van der Waals surface area contributed by atoms with Gasteiger partial charge in [0.25, 0.3) is 0 Å². The van der Waals surface area contributed by atoms with Gasteiger partial charge in [-0.3, -0.25) is 4.79 Å². The molecule has 0 saturated heterocycles. The van der Waals surface area contributed by atoms with Crippen molar-refractivity contribution in [3.05, 3.63) is 39.7 Å². The molecule has 0 bridgehead atoms. The second-order valence-corrected chi connectivity index (χ2v) is 4.49. The number of fused-ring (bicyclic) bond motifs is 1. The summed E-state index contributed by atoms with van der Waals surface area (Å²) in [5.74, 6) is -0.0475. The maximum atomic E-state index is 11.7. The smallest absolute Gasteiger partial charge is 0.347 e. The maximum absolute atomic E-state index is 11.7. The number of benzene rings is 1. The summed E-state index contributed by atoms with van der Waals surface area (Å²) >= 11 is 5.69. The fraction of sp³-hybridized carbons (Fsp3) is 0.286. The van der Waals surface area contributed by atoms with Crippen LogP contribution < -0.4 is 10.2 Å². The van der Waals surface area contributed by atoms with Gasteiger partial charge >= 0.3 is 5.97 Å². The number of halogens is 1. The van der Waals surface area contributed by atoms with Crippen molar-refractivity contribution in [2.24, 2.45) is 0 Å². The number of carbonyl (C=O) groups is 1. The zero-order chi connectivity index (χ0) is 14.7. The highest BCUT2D eigenvalue weighted by Crippen LogP contribution is 2.21. The minimum Gasteiger partial charge on any atom is -0.479 e. The van der Waals surface area contributed by atoms with E-state index >= 15 is 0 Å². The van der Waals surface area contributed by atoms with Crippen LogP contribution in [0.1, 0.15) is 13.8 Å². The lowest BCUT2D eigenvalue weighted by Gasteiger charge is -2.13. The molecule has 1 atom stereocenters. The third-order valence-electron chi connectivity index (χ3n) is 2.64. The Labute approximate surface area is 120 Å². The number of hydrogen-bond donors (Lipinski definition) is 0. The molecule has 0 fully saturated rings. The van der Waals surface area contributed by atoms with Crippen LogP contribution in [0.4, 0.5) is 0 Å². The van der Waals surface area contributed by atoms with Crippen molar-refractivity contribution in [2.45, 2.75) is 20.0 Å². The van der Waals surface area contributed by atoms with E-state index in [1.165, 1.54) is 12.3 Å². The standard InChI is InChI=1S/C14H13ClO5/c1-3-18-14(17)8(2)20-9-4-5-10-12(6-9)19-7-11(15)13(10)16/h4-8H,3H2,1-2H3. The number of hydrogen-bond acceptors (Lipinski definition) is 5. The van der Waals surface area contributed by atoms with Crippen LogP contribution in [0.5, 0.6) is 5.75 Å². The largest absolute Gasteiger partial charge is 0.479 e. The third-order valence-corrected chi connectivity index (χ3v) is 2.90.